The van der Waals surface area contributed by atoms with Gasteiger partial charge < -0.3 is 4.90 Å². The molecule has 0 aliphatic heterocycles. The Kier molecular flexibility index (Phi) is 5.66. The molecule has 2 aromatic carbocycles. The number of rotatable bonds is 6. The van der Waals surface area contributed by atoms with Crippen molar-refractivity contribution >= 4 is 5.91 Å². The van der Waals surface area contributed by atoms with Gasteiger partial charge in [-0.3, -0.25) is 23.5 Å². The van der Waals surface area contributed by atoms with Crippen LogP contribution < -0.4 is 11.1 Å². The van der Waals surface area contributed by atoms with E-state index in [9.17, 15) is 14.4 Å². The topological polar surface area (TPSA) is 64.3 Å². The van der Waals surface area contributed by atoms with Gasteiger partial charge in [0, 0.05) is 31.2 Å². The summed E-state index contributed by atoms with van der Waals surface area (Å²) < 4.78 is 2.45. The molecule has 6 heteroatoms. The van der Waals surface area contributed by atoms with Crippen LogP contribution in [-0.4, -0.2) is 26.5 Å². The smallest absolute Gasteiger partial charge is 0.320 e. The summed E-state index contributed by atoms with van der Waals surface area (Å²) >= 11 is 0. The molecule has 1 heterocycles. The van der Waals surface area contributed by atoms with E-state index in [-0.39, 0.29) is 12.5 Å². The zero-order chi connectivity index (χ0) is 19.2. The lowest BCUT2D eigenvalue weighted by atomic mass is 10.2. The lowest BCUT2D eigenvalue weighted by Gasteiger charge is -2.21. The van der Waals surface area contributed by atoms with E-state index in [1.54, 1.807) is 29.2 Å². The maximum Gasteiger partial charge on any atom is 0.320 e. The normalized spacial score (nSPS) is 10.6. The van der Waals surface area contributed by atoms with Crippen molar-refractivity contribution in [1.29, 1.82) is 0 Å². The van der Waals surface area contributed by atoms with Gasteiger partial charge in [-0.25, -0.2) is 0 Å². The molecule has 0 atom stereocenters. The Morgan fingerprint density at radius 2 is 1.52 bits per heavy atom. The molecule has 0 aliphatic carbocycles. The highest BCUT2D eigenvalue weighted by atomic mass is 16.2. The Hall–Kier alpha value is -3.41. The Morgan fingerprint density at radius 3 is 2.15 bits per heavy atom. The third-order valence-corrected chi connectivity index (χ3v) is 4.35. The van der Waals surface area contributed by atoms with Crippen LogP contribution in [0.2, 0.25) is 0 Å². The van der Waals surface area contributed by atoms with Gasteiger partial charge >= 0.3 is 11.1 Å². The third-order valence-electron chi connectivity index (χ3n) is 4.35. The number of likely N-dealkylation sites (N-methyl/N-ethyl adjacent to an activating group) is 1. The Morgan fingerprint density at radius 1 is 0.889 bits per heavy atom. The summed E-state index contributed by atoms with van der Waals surface area (Å²) in [5, 5.41) is 0. The highest BCUT2D eigenvalue weighted by molar-refractivity contribution is 5.76. The first-order valence-electron chi connectivity index (χ1n) is 8.79. The molecular formula is C21H21N3O3. The van der Waals surface area contributed by atoms with E-state index >= 15 is 0 Å². The number of para-hydroxylation sites is 1. The number of hydrogen-bond acceptors (Lipinski definition) is 3. The summed E-state index contributed by atoms with van der Waals surface area (Å²) in [6, 6.07) is 18.6. The molecule has 0 bridgehead atoms. The lowest BCUT2D eigenvalue weighted by molar-refractivity contribution is -0.132. The molecule has 3 aromatic rings. The maximum atomic E-state index is 12.6. The number of aromatic nitrogens is 2. The van der Waals surface area contributed by atoms with E-state index in [1.807, 2.05) is 43.3 Å². The molecule has 0 aliphatic rings. The van der Waals surface area contributed by atoms with Gasteiger partial charge in [0.15, 0.2) is 0 Å². The number of hydrogen-bond donors (Lipinski definition) is 0. The van der Waals surface area contributed by atoms with Crippen LogP contribution in [0.15, 0.2) is 82.6 Å². The first kappa shape index (κ1) is 18.4. The van der Waals surface area contributed by atoms with E-state index < -0.39 is 11.1 Å². The Balaban J connectivity index is 1.81. The van der Waals surface area contributed by atoms with Gasteiger partial charge in [-0.15, -0.1) is 0 Å². The minimum atomic E-state index is -0.717. The zero-order valence-corrected chi connectivity index (χ0v) is 15.1. The van der Waals surface area contributed by atoms with Gasteiger partial charge in [0.05, 0.1) is 0 Å². The van der Waals surface area contributed by atoms with Crippen LogP contribution in [0.4, 0.5) is 0 Å². The molecule has 1 aromatic heterocycles. The molecule has 1 amide bonds. The third kappa shape index (κ3) is 4.23. The van der Waals surface area contributed by atoms with Crippen LogP contribution in [0, 0.1) is 0 Å². The summed E-state index contributed by atoms with van der Waals surface area (Å²) in [6.07, 6.45) is 2.99. The fourth-order valence-electron chi connectivity index (χ4n) is 2.85. The van der Waals surface area contributed by atoms with Crippen molar-refractivity contribution < 1.29 is 4.79 Å². The molecule has 3 rings (SSSR count). The molecule has 27 heavy (non-hydrogen) atoms. The molecule has 0 N–H and O–H groups in total. The van der Waals surface area contributed by atoms with Crippen molar-refractivity contribution in [1.82, 2.24) is 14.0 Å². The molecule has 0 fully saturated rings. The molecule has 0 saturated carbocycles. The highest BCUT2D eigenvalue weighted by Gasteiger charge is 2.15. The van der Waals surface area contributed by atoms with E-state index in [1.165, 1.54) is 17.0 Å². The highest BCUT2D eigenvalue weighted by Crippen LogP contribution is 2.06. The predicted molar refractivity (Wildman–Crippen MR) is 104 cm³/mol. The van der Waals surface area contributed by atoms with Gasteiger partial charge in [0.2, 0.25) is 5.91 Å². The zero-order valence-electron chi connectivity index (χ0n) is 15.1. The van der Waals surface area contributed by atoms with Gasteiger partial charge in [-0.05, 0) is 24.6 Å². The van der Waals surface area contributed by atoms with Crippen LogP contribution in [0.25, 0.3) is 5.69 Å². The second kappa shape index (κ2) is 8.31. The number of amides is 1. The largest absolute Gasteiger partial charge is 0.337 e. The van der Waals surface area contributed by atoms with Gasteiger partial charge in [0.1, 0.15) is 6.54 Å². The van der Waals surface area contributed by atoms with Crippen molar-refractivity contribution in [3.05, 3.63) is 99.3 Å². The monoisotopic (exact) mass is 363 g/mol. The predicted octanol–water partition coefficient (Wildman–Crippen LogP) is 2.05. The molecule has 0 saturated heterocycles. The fraction of sp³-hybridized carbons (Fsp3) is 0.190. The van der Waals surface area contributed by atoms with Crippen LogP contribution in [0.5, 0.6) is 0 Å². The average Bonchev–Trinajstić information content (AvgIpc) is 2.71. The van der Waals surface area contributed by atoms with E-state index in [2.05, 4.69) is 0 Å². The quantitative estimate of drug-likeness (QED) is 0.630. The first-order chi connectivity index (χ1) is 13.1. The van der Waals surface area contributed by atoms with Crippen molar-refractivity contribution in [2.75, 3.05) is 6.54 Å². The summed E-state index contributed by atoms with van der Waals surface area (Å²) in [7, 11) is 0. The van der Waals surface area contributed by atoms with Crippen LogP contribution >= 0.6 is 0 Å². The molecule has 0 spiro atoms. The molecule has 0 unspecified atom stereocenters. The van der Waals surface area contributed by atoms with Gasteiger partial charge in [0.25, 0.3) is 0 Å². The number of carbonyl (C=O) groups is 1. The standard InChI is InChI=1S/C21H21N3O3/c1-2-22(15-17-9-5-3-6-10-17)19(25)16-23-13-14-24(21(27)20(23)26)18-11-7-4-8-12-18/h3-14H,2,15-16H2,1H3. The summed E-state index contributed by atoms with van der Waals surface area (Å²) in [5.41, 5.74) is 0.227. The second-order valence-corrected chi connectivity index (χ2v) is 6.14. The van der Waals surface area contributed by atoms with Crippen LogP contribution in [0.1, 0.15) is 12.5 Å². The first-order valence-corrected chi connectivity index (χ1v) is 8.79. The minimum Gasteiger partial charge on any atom is -0.337 e. The van der Waals surface area contributed by atoms with Crippen molar-refractivity contribution in [3.8, 4) is 5.69 Å². The molecule has 138 valence electrons. The maximum absolute atomic E-state index is 12.6. The van der Waals surface area contributed by atoms with Crippen molar-refractivity contribution in [2.24, 2.45) is 0 Å². The summed E-state index contributed by atoms with van der Waals surface area (Å²) in [5.74, 6) is -0.208. The molecular weight excluding hydrogens is 342 g/mol. The van der Waals surface area contributed by atoms with Crippen molar-refractivity contribution in [2.45, 2.75) is 20.0 Å². The van der Waals surface area contributed by atoms with E-state index in [0.717, 1.165) is 10.1 Å². The number of benzene rings is 2. The van der Waals surface area contributed by atoms with Crippen LogP contribution in [-0.2, 0) is 17.9 Å². The average molecular weight is 363 g/mol. The fourth-order valence-corrected chi connectivity index (χ4v) is 2.85. The summed E-state index contributed by atoms with van der Waals surface area (Å²) in [4.78, 5) is 39.1. The molecule has 6 nitrogen and oxygen atoms in total. The minimum absolute atomic E-state index is 0.162. The number of nitrogens with zero attached hydrogens (tertiary/aromatic N) is 3. The summed E-state index contributed by atoms with van der Waals surface area (Å²) in [6.45, 7) is 2.71. The Labute approximate surface area is 156 Å². The lowest BCUT2D eigenvalue weighted by Crippen LogP contribution is -2.43. The van der Waals surface area contributed by atoms with Gasteiger partial charge in [-0.2, -0.15) is 0 Å². The SMILES string of the molecule is CCN(Cc1ccccc1)C(=O)Cn1ccn(-c2ccccc2)c(=O)c1=O. The van der Waals surface area contributed by atoms with E-state index in [0.29, 0.717) is 18.8 Å². The van der Waals surface area contributed by atoms with Crippen LogP contribution in [0.3, 0.4) is 0 Å². The van der Waals surface area contributed by atoms with E-state index in [4.69, 9.17) is 0 Å². The second-order valence-electron chi connectivity index (χ2n) is 6.14. The Bertz CT molecular complexity index is 1020. The molecule has 0 radical (unpaired) electrons. The van der Waals surface area contributed by atoms with Gasteiger partial charge in [-0.1, -0.05) is 48.5 Å². The van der Waals surface area contributed by atoms with Crippen molar-refractivity contribution in [3.63, 3.8) is 0 Å². The number of carbonyl (C=O) groups excluding carboxylic acids is 1.